The van der Waals surface area contributed by atoms with Crippen LogP contribution in [0.2, 0.25) is 0 Å². The molecule has 4 rings (SSSR count). The predicted molar refractivity (Wildman–Crippen MR) is 108 cm³/mol. The number of likely N-dealkylation sites (tertiary alicyclic amines) is 1. The van der Waals surface area contributed by atoms with Crippen LogP contribution < -0.4 is 10.2 Å². The molecule has 7 heteroatoms. The van der Waals surface area contributed by atoms with Gasteiger partial charge in [-0.25, -0.2) is 9.97 Å². The lowest BCUT2D eigenvalue weighted by molar-refractivity contribution is -0.127. The lowest BCUT2D eigenvalue weighted by Gasteiger charge is -2.42. The molecule has 3 heterocycles. The van der Waals surface area contributed by atoms with Gasteiger partial charge in [-0.05, 0) is 51.5 Å². The summed E-state index contributed by atoms with van der Waals surface area (Å²) in [5.41, 5.74) is 2.64. The molecular weight excluding hydrogens is 354 g/mol. The summed E-state index contributed by atoms with van der Waals surface area (Å²) in [5, 5.41) is 3.02. The molecule has 1 N–H and O–H groups in total. The Morgan fingerprint density at radius 1 is 1.18 bits per heavy atom. The van der Waals surface area contributed by atoms with Gasteiger partial charge in [0.05, 0.1) is 12.5 Å². The van der Waals surface area contributed by atoms with E-state index in [4.69, 9.17) is 4.74 Å². The highest BCUT2D eigenvalue weighted by molar-refractivity contribution is 5.78. The van der Waals surface area contributed by atoms with Gasteiger partial charge in [0.2, 0.25) is 5.91 Å². The third-order valence-electron chi connectivity index (χ3n) is 6.56. The van der Waals surface area contributed by atoms with E-state index in [1.807, 2.05) is 0 Å². The van der Waals surface area contributed by atoms with Crippen molar-refractivity contribution in [3.05, 3.63) is 17.6 Å². The molecule has 7 nitrogen and oxygen atoms in total. The monoisotopic (exact) mass is 387 g/mol. The van der Waals surface area contributed by atoms with Crippen LogP contribution in [0.3, 0.4) is 0 Å². The molecule has 1 atom stereocenters. The molecule has 1 aliphatic carbocycles. The number of carbonyl (C=O) groups excluding carboxylic acids is 1. The number of carbonyl (C=O) groups is 1. The lowest BCUT2D eigenvalue weighted by atomic mass is 9.93. The summed E-state index contributed by atoms with van der Waals surface area (Å²) in [5.74, 6) is 1.49. The summed E-state index contributed by atoms with van der Waals surface area (Å²) in [4.78, 5) is 26.5. The van der Waals surface area contributed by atoms with E-state index in [2.05, 4.69) is 25.1 Å². The van der Waals surface area contributed by atoms with Crippen molar-refractivity contribution < 1.29 is 9.53 Å². The molecule has 0 radical (unpaired) electrons. The van der Waals surface area contributed by atoms with Crippen LogP contribution in [-0.4, -0.2) is 73.3 Å². The largest absolute Gasteiger partial charge is 0.383 e. The van der Waals surface area contributed by atoms with Gasteiger partial charge in [-0.3, -0.25) is 9.69 Å². The van der Waals surface area contributed by atoms with Crippen LogP contribution in [-0.2, 0) is 22.4 Å². The predicted octanol–water partition coefficient (Wildman–Crippen LogP) is 1.41. The molecule has 0 aromatic carbocycles. The van der Waals surface area contributed by atoms with Gasteiger partial charge in [0, 0.05) is 50.6 Å². The summed E-state index contributed by atoms with van der Waals surface area (Å²) < 4.78 is 5.03. The molecule has 28 heavy (non-hydrogen) atoms. The molecule has 2 fully saturated rings. The molecule has 2 saturated heterocycles. The second-order valence-electron chi connectivity index (χ2n) is 8.31. The lowest BCUT2D eigenvalue weighted by Crippen LogP contribution is -2.51. The number of ether oxygens (including phenoxy) is 1. The molecule has 0 saturated carbocycles. The topological polar surface area (TPSA) is 70.6 Å². The first kappa shape index (κ1) is 19.6. The molecule has 2 aliphatic heterocycles. The minimum atomic E-state index is 0.119. The van der Waals surface area contributed by atoms with E-state index in [1.165, 1.54) is 23.5 Å². The van der Waals surface area contributed by atoms with E-state index in [0.29, 0.717) is 19.2 Å². The maximum absolute atomic E-state index is 12.4. The number of aromatic nitrogens is 2. The number of aryl methyl sites for hydroxylation is 1. The Morgan fingerprint density at radius 2 is 2.04 bits per heavy atom. The van der Waals surface area contributed by atoms with Crippen LogP contribution in [0.5, 0.6) is 0 Å². The molecule has 3 aliphatic rings. The minimum absolute atomic E-state index is 0.119. The Morgan fingerprint density at radius 3 is 2.86 bits per heavy atom. The first-order valence-corrected chi connectivity index (χ1v) is 10.8. The third kappa shape index (κ3) is 4.30. The Kier molecular flexibility index (Phi) is 6.42. The van der Waals surface area contributed by atoms with Crippen molar-refractivity contribution in [1.82, 2.24) is 20.2 Å². The van der Waals surface area contributed by atoms with Crippen LogP contribution in [0.25, 0.3) is 0 Å². The number of piperidine rings is 2. The zero-order valence-electron chi connectivity index (χ0n) is 17.0. The molecule has 1 amide bonds. The zero-order valence-corrected chi connectivity index (χ0v) is 17.0. The minimum Gasteiger partial charge on any atom is -0.383 e. The number of nitrogens with one attached hydrogen (secondary N) is 1. The molecule has 1 unspecified atom stereocenters. The van der Waals surface area contributed by atoms with Crippen LogP contribution in [0.15, 0.2) is 6.33 Å². The van der Waals surface area contributed by atoms with Gasteiger partial charge < -0.3 is 15.0 Å². The van der Waals surface area contributed by atoms with Crippen molar-refractivity contribution in [2.45, 2.75) is 51.0 Å². The van der Waals surface area contributed by atoms with E-state index in [0.717, 1.165) is 64.7 Å². The quantitative estimate of drug-likeness (QED) is 0.745. The molecule has 1 aromatic heterocycles. The van der Waals surface area contributed by atoms with Gasteiger partial charge in [0.1, 0.15) is 12.1 Å². The highest BCUT2D eigenvalue weighted by Gasteiger charge is 2.32. The summed E-state index contributed by atoms with van der Waals surface area (Å²) in [6.07, 6.45) is 9.58. The van der Waals surface area contributed by atoms with Crippen molar-refractivity contribution in [3.63, 3.8) is 0 Å². The summed E-state index contributed by atoms with van der Waals surface area (Å²) in [6, 6.07) is 0.584. The average Bonchev–Trinajstić information content (AvgIpc) is 3.23. The number of anilines is 1. The van der Waals surface area contributed by atoms with E-state index >= 15 is 0 Å². The fraction of sp³-hybridized carbons (Fsp3) is 0.762. The number of nitrogens with zero attached hydrogens (tertiary/aromatic N) is 4. The standard InChI is InChI=1S/C21H33N5O2/c1-28-13-9-22-21(27)16-4-3-10-26(14-16)17-7-11-25(12-8-17)20-18-5-2-6-19(18)23-15-24-20/h15-17H,2-14H2,1H3,(H,22,27). The number of fused-ring (bicyclic) bond motifs is 1. The smallest absolute Gasteiger partial charge is 0.224 e. The first-order chi connectivity index (χ1) is 13.8. The van der Waals surface area contributed by atoms with Crippen molar-refractivity contribution in [2.75, 3.05) is 51.3 Å². The molecule has 154 valence electrons. The summed E-state index contributed by atoms with van der Waals surface area (Å²) in [7, 11) is 1.66. The number of hydrogen-bond acceptors (Lipinski definition) is 6. The van der Waals surface area contributed by atoms with Crippen LogP contribution in [0.1, 0.15) is 43.4 Å². The van der Waals surface area contributed by atoms with E-state index < -0.39 is 0 Å². The highest BCUT2D eigenvalue weighted by Crippen LogP contribution is 2.31. The van der Waals surface area contributed by atoms with Crippen molar-refractivity contribution in [3.8, 4) is 0 Å². The van der Waals surface area contributed by atoms with Gasteiger partial charge >= 0.3 is 0 Å². The highest BCUT2D eigenvalue weighted by atomic mass is 16.5. The maximum atomic E-state index is 12.4. The van der Waals surface area contributed by atoms with Crippen molar-refractivity contribution >= 4 is 11.7 Å². The van der Waals surface area contributed by atoms with Crippen LogP contribution in [0.4, 0.5) is 5.82 Å². The van der Waals surface area contributed by atoms with Crippen molar-refractivity contribution in [2.24, 2.45) is 5.92 Å². The van der Waals surface area contributed by atoms with Gasteiger partial charge in [-0.1, -0.05) is 0 Å². The number of rotatable bonds is 6. The number of methoxy groups -OCH3 is 1. The van der Waals surface area contributed by atoms with E-state index in [9.17, 15) is 4.79 Å². The molecular formula is C21H33N5O2. The molecule has 0 bridgehead atoms. The van der Waals surface area contributed by atoms with Crippen LogP contribution in [0, 0.1) is 5.92 Å². The van der Waals surface area contributed by atoms with Gasteiger partial charge in [0.15, 0.2) is 0 Å². The Hall–Kier alpha value is -1.73. The Balaban J connectivity index is 1.30. The van der Waals surface area contributed by atoms with Gasteiger partial charge in [0.25, 0.3) is 0 Å². The first-order valence-electron chi connectivity index (χ1n) is 10.8. The SMILES string of the molecule is COCCNC(=O)C1CCCN(C2CCN(c3ncnc4c3CCC4)CC2)C1. The second-order valence-corrected chi connectivity index (χ2v) is 8.31. The fourth-order valence-corrected chi connectivity index (χ4v) is 5.03. The Labute approximate surface area is 167 Å². The Bertz CT molecular complexity index is 675. The maximum Gasteiger partial charge on any atom is 0.224 e. The average molecular weight is 388 g/mol. The number of hydrogen-bond donors (Lipinski definition) is 1. The summed E-state index contributed by atoms with van der Waals surface area (Å²) >= 11 is 0. The summed E-state index contributed by atoms with van der Waals surface area (Å²) in [6.45, 7) is 5.30. The normalized spacial score (nSPS) is 23.6. The molecule has 1 aromatic rings. The second kappa shape index (κ2) is 9.18. The van der Waals surface area contributed by atoms with Gasteiger partial charge in [-0.2, -0.15) is 0 Å². The number of amides is 1. The molecule has 0 spiro atoms. The van der Waals surface area contributed by atoms with E-state index in [-0.39, 0.29) is 11.8 Å². The van der Waals surface area contributed by atoms with E-state index in [1.54, 1.807) is 13.4 Å². The van der Waals surface area contributed by atoms with Crippen molar-refractivity contribution in [1.29, 1.82) is 0 Å². The van der Waals surface area contributed by atoms with Crippen LogP contribution >= 0.6 is 0 Å². The zero-order chi connectivity index (χ0) is 19.3. The third-order valence-corrected chi connectivity index (χ3v) is 6.56. The fourth-order valence-electron chi connectivity index (χ4n) is 5.03. The van der Waals surface area contributed by atoms with Gasteiger partial charge in [-0.15, -0.1) is 0 Å².